The summed E-state index contributed by atoms with van der Waals surface area (Å²) in [7, 11) is 2.21. The molecule has 8 nitrogen and oxygen atoms in total. The first-order valence-electron chi connectivity index (χ1n) is 12.5. The highest BCUT2D eigenvalue weighted by Gasteiger charge is 2.38. The maximum Gasteiger partial charge on any atom is 0.253 e. The van der Waals surface area contributed by atoms with Gasteiger partial charge in [0.15, 0.2) is 0 Å². The summed E-state index contributed by atoms with van der Waals surface area (Å²) < 4.78 is 1.82. The zero-order valence-electron chi connectivity index (χ0n) is 20.3. The first-order valence-corrected chi connectivity index (χ1v) is 12.5. The van der Waals surface area contributed by atoms with Gasteiger partial charge in [-0.25, -0.2) is 15.0 Å². The minimum absolute atomic E-state index is 0.0485. The number of fused-ring (bicyclic) bond motifs is 1. The Morgan fingerprint density at radius 3 is 2.59 bits per heavy atom. The number of likely N-dealkylation sites (N-methyl/N-ethyl adjacent to an activating group) is 1. The van der Waals surface area contributed by atoms with Gasteiger partial charge in [-0.15, -0.1) is 0 Å². The summed E-state index contributed by atoms with van der Waals surface area (Å²) in [6.07, 6.45) is 14.3. The van der Waals surface area contributed by atoms with E-state index in [0.717, 1.165) is 50.0 Å². The molecule has 3 aromatic heterocycles. The van der Waals surface area contributed by atoms with Crippen LogP contribution in [-0.4, -0.2) is 80.5 Å². The Bertz CT molecular complexity index is 1140. The van der Waals surface area contributed by atoms with Crippen LogP contribution in [-0.2, 0) is 0 Å². The van der Waals surface area contributed by atoms with Crippen LogP contribution in [0.5, 0.6) is 0 Å². The van der Waals surface area contributed by atoms with Gasteiger partial charge in [-0.2, -0.15) is 0 Å². The normalized spacial score (nSPS) is 19.7. The van der Waals surface area contributed by atoms with Crippen LogP contribution >= 0.6 is 0 Å². The van der Waals surface area contributed by atoms with E-state index in [4.69, 9.17) is 0 Å². The Hall–Kier alpha value is -2.84. The molecule has 1 saturated carbocycles. The monoisotopic (exact) mass is 461 g/mol. The van der Waals surface area contributed by atoms with E-state index >= 15 is 0 Å². The van der Waals surface area contributed by atoms with Gasteiger partial charge in [-0.05, 0) is 57.5 Å². The van der Waals surface area contributed by atoms with Crippen LogP contribution in [0.15, 0.2) is 36.9 Å². The minimum atomic E-state index is -0.0485. The van der Waals surface area contributed by atoms with Crippen molar-refractivity contribution in [3.8, 4) is 5.95 Å². The number of aryl methyl sites for hydroxylation is 1. The maximum atomic E-state index is 13.6. The highest BCUT2D eigenvalue weighted by molar-refractivity contribution is 6.07. The molecule has 1 aliphatic heterocycles. The van der Waals surface area contributed by atoms with E-state index in [0.29, 0.717) is 23.7 Å². The van der Waals surface area contributed by atoms with E-state index in [1.165, 1.54) is 25.7 Å². The molecule has 180 valence electrons. The quantitative estimate of drug-likeness (QED) is 0.629. The number of rotatable bonds is 5. The smallest absolute Gasteiger partial charge is 0.253 e. The molecule has 2 aliphatic rings. The number of amides is 1. The van der Waals surface area contributed by atoms with E-state index in [1.54, 1.807) is 24.7 Å². The summed E-state index contributed by atoms with van der Waals surface area (Å²) >= 11 is 0. The Kier molecular flexibility index (Phi) is 6.61. The second-order valence-electron chi connectivity index (χ2n) is 9.90. The zero-order valence-corrected chi connectivity index (χ0v) is 20.3. The second-order valence-corrected chi connectivity index (χ2v) is 9.90. The predicted octanol–water partition coefficient (Wildman–Crippen LogP) is 3.19. The summed E-state index contributed by atoms with van der Waals surface area (Å²) in [6.45, 7) is 7.11. The predicted molar refractivity (Wildman–Crippen MR) is 133 cm³/mol. The molecule has 0 bridgehead atoms. The second kappa shape index (κ2) is 9.80. The molecule has 1 saturated heterocycles. The fraction of sp³-hybridized carbons (Fsp3) is 0.538. The molecular weight excluding hydrogens is 426 g/mol. The largest absolute Gasteiger partial charge is 0.350 e. The Morgan fingerprint density at radius 2 is 1.79 bits per heavy atom. The minimum Gasteiger partial charge on any atom is -0.350 e. The van der Waals surface area contributed by atoms with Gasteiger partial charge in [0.2, 0.25) is 5.95 Å². The average molecular weight is 462 g/mol. The Labute approximate surface area is 201 Å². The van der Waals surface area contributed by atoms with Crippen molar-refractivity contribution in [1.29, 1.82) is 0 Å². The van der Waals surface area contributed by atoms with Gasteiger partial charge in [0.25, 0.3) is 5.91 Å². The van der Waals surface area contributed by atoms with Gasteiger partial charge in [-0.1, -0.05) is 19.3 Å². The van der Waals surface area contributed by atoms with E-state index < -0.39 is 0 Å². The number of carbonyl (C=O) groups is 1. The van der Waals surface area contributed by atoms with Crippen LogP contribution in [0.2, 0.25) is 0 Å². The number of aromatic nitrogens is 4. The van der Waals surface area contributed by atoms with Crippen molar-refractivity contribution in [2.45, 2.75) is 51.0 Å². The summed E-state index contributed by atoms with van der Waals surface area (Å²) in [5, 5.41) is 4.21. The van der Waals surface area contributed by atoms with Gasteiger partial charge in [0.05, 0.1) is 5.56 Å². The first-order chi connectivity index (χ1) is 16.6. The van der Waals surface area contributed by atoms with Crippen molar-refractivity contribution in [3.05, 3.63) is 48.0 Å². The van der Waals surface area contributed by atoms with Gasteiger partial charge < -0.3 is 10.2 Å². The van der Waals surface area contributed by atoms with Crippen molar-refractivity contribution < 1.29 is 4.79 Å². The van der Waals surface area contributed by atoms with Crippen LogP contribution in [0.1, 0.15) is 54.4 Å². The molecule has 3 aromatic rings. The van der Waals surface area contributed by atoms with Crippen molar-refractivity contribution in [1.82, 2.24) is 34.6 Å². The standard InChI is InChI=1S/C26H35N7O/c1-20-8-13-27-23-22(20)21(18-33(23)25-28-11-6-12-29-25)24(34)30-19-26(9-4-3-5-10-26)32-15-7-14-31(2)16-17-32/h6,8,11-13,18H,3-5,7,9-10,14-17,19H2,1-2H3,(H,30,34). The van der Waals surface area contributed by atoms with E-state index in [1.807, 2.05) is 23.8 Å². The third kappa shape index (κ3) is 4.44. The fourth-order valence-electron chi connectivity index (χ4n) is 5.73. The molecule has 2 fully saturated rings. The molecule has 0 atom stereocenters. The molecule has 1 aliphatic carbocycles. The molecule has 4 heterocycles. The van der Waals surface area contributed by atoms with E-state index in [9.17, 15) is 4.79 Å². The lowest BCUT2D eigenvalue weighted by Gasteiger charge is -2.46. The van der Waals surface area contributed by atoms with Crippen molar-refractivity contribution >= 4 is 16.9 Å². The molecular formula is C26H35N7O. The Morgan fingerprint density at radius 1 is 1.00 bits per heavy atom. The average Bonchev–Trinajstić information content (AvgIpc) is 3.13. The van der Waals surface area contributed by atoms with Gasteiger partial charge in [-0.3, -0.25) is 14.3 Å². The van der Waals surface area contributed by atoms with Crippen LogP contribution in [0, 0.1) is 6.92 Å². The number of carbonyl (C=O) groups excluding carboxylic acids is 1. The SMILES string of the molecule is Cc1ccnc2c1c(C(=O)NCC1(N3CCCN(C)CC3)CCCCC1)cn2-c1ncccn1. The van der Waals surface area contributed by atoms with E-state index in [-0.39, 0.29) is 11.4 Å². The highest BCUT2D eigenvalue weighted by atomic mass is 16.1. The molecule has 0 radical (unpaired) electrons. The number of nitrogens with zero attached hydrogens (tertiary/aromatic N) is 6. The van der Waals surface area contributed by atoms with E-state index in [2.05, 4.69) is 37.1 Å². The molecule has 0 aromatic carbocycles. The molecule has 1 amide bonds. The summed E-state index contributed by atoms with van der Waals surface area (Å²) in [5.41, 5.74) is 2.41. The van der Waals surface area contributed by atoms with Crippen molar-refractivity contribution in [3.63, 3.8) is 0 Å². The highest BCUT2D eigenvalue weighted by Crippen LogP contribution is 2.34. The summed E-state index contributed by atoms with van der Waals surface area (Å²) in [5.74, 6) is 0.467. The summed E-state index contributed by atoms with van der Waals surface area (Å²) in [4.78, 5) is 32.0. The lowest BCUT2D eigenvalue weighted by molar-refractivity contribution is 0.0503. The van der Waals surface area contributed by atoms with Crippen LogP contribution in [0.3, 0.4) is 0 Å². The lowest BCUT2D eigenvalue weighted by Crippen LogP contribution is -2.57. The first kappa shape index (κ1) is 22.9. The third-order valence-corrected chi connectivity index (χ3v) is 7.66. The summed E-state index contributed by atoms with van der Waals surface area (Å²) in [6, 6.07) is 3.73. The molecule has 0 unspecified atom stereocenters. The third-order valence-electron chi connectivity index (χ3n) is 7.66. The maximum absolute atomic E-state index is 13.6. The molecule has 0 spiro atoms. The van der Waals surface area contributed by atoms with Gasteiger partial charge in [0.1, 0.15) is 5.65 Å². The van der Waals surface area contributed by atoms with Crippen molar-refractivity contribution in [2.24, 2.45) is 0 Å². The Balaban J connectivity index is 1.43. The van der Waals surface area contributed by atoms with Gasteiger partial charge >= 0.3 is 0 Å². The van der Waals surface area contributed by atoms with Crippen LogP contribution in [0.4, 0.5) is 0 Å². The molecule has 1 N–H and O–H groups in total. The number of pyridine rings is 1. The lowest BCUT2D eigenvalue weighted by atomic mass is 9.79. The van der Waals surface area contributed by atoms with Crippen LogP contribution < -0.4 is 5.32 Å². The fourth-order valence-corrected chi connectivity index (χ4v) is 5.73. The van der Waals surface area contributed by atoms with Crippen LogP contribution in [0.25, 0.3) is 17.0 Å². The molecule has 34 heavy (non-hydrogen) atoms. The topological polar surface area (TPSA) is 79.2 Å². The number of nitrogens with one attached hydrogen (secondary N) is 1. The number of hydrogen-bond acceptors (Lipinski definition) is 6. The molecule has 8 heteroatoms. The van der Waals surface area contributed by atoms with Gasteiger partial charge in [0, 0.05) is 61.9 Å². The van der Waals surface area contributed by atoms with Crippen molar-refractivity contribution in [2.75, 3.05) is 39.8 Å². The molecule has 5 rings (SSSR count). The zero-order chi connectivity index (χ0) is 23.5. The number of hydrogen-bond donors (Lipinski definition) is 1.